The number of rotatable bonds is 7. The number of nitrogens with zero attached hydrogens (tertiary/aromatic N) is 1. The highest BCUT2D eigenvalue weighted by molar-refractivity contribution is 5.81. The summed E-state index contributed by atoms with van der Waals surface area (Å²) >= 11 is 0. The van der Waals surface area contributed by atoms with Crippen LogP contribution >= 0.6 is 0 Å². The lowest BCUT2D eigenvalue weighted by Gasteiger charge is -2.39. The molecule has 1 aromatic carbocycles. The van der Waals surface area contributed by atoms with E-state index in [9.17, 15) is 27.9 Å². The molecule has 27 heavy (non-hydrogen) atoms. The van der Waals surface area contributed by atoms with E-state index < -0.39 is 24.2 Å². The summed E-state index contributed by atoms with van der Waals surface area (Å²) in [6.07, 6.45) is -3.54. The summed E-state index contributed by atoms with van der Waals surface area (Å²) in [5, 5.41) is 9.54. The molecule has 150 valence electrons. The normalized spacial score (nSPS) is 20.4. The molecule has 1 aliphatic rings. The summed E-state index contributed by atoms with van der Waals surface area (Å²) in [6.45, 7) is -0.928. The van der Waals surface area contributed by atoms with Gasteiger partial charge in [-0.2, -0.15) is 13.2 Å². The minimum Gasteiger partial charge on any atom is -0.484 e. The minimum atomic E-state index is -4.44. The first-order valence-electron chi connectivity index (χ1n) is 8.44. The van der Waals surface area contributed by atoms with E-state index in [0.29, 0.717) is 24.9 Å². The number of likely N-dealkylation sites (tertiary alicyclic amines) is 1. The zero-order chi connectivity index (χ0) is 20.1. The Morgan fingerprint density at radius 3 is 2.70 bits per heavy atom. The van der Waals surface area contributed by atoms with E-state index in [-0.39, 0.29) is 31.2 Å². The Hall–Kier alpha value is -2.29. The van der Waals surface area contributed by atoms with Gasteiger partial charge in [-0.25, -0.2) is 0 Å². The van der Waals surface area contributed by atoms with Gasteiger partial charge in [0.1, 0.15) is 11.2 Å². The van der Waals surface area contributed by atoms with Crippen LogP contribution in [0.5, 0.6) is 5.75 Å². The van der Waals surface area contributed by atoms with Gasteiger partial charge in [0, 0.05) is 20.2 Å². The van der Waals surface area contributed by atoms with E-state index in [1.165, 1.54) is 30.2 Å². The quantitative estimate of drug-likeness (QED) is 0.776. The Morgan fingerprint density at radius 1 is 1.33 bits per heavy atom. The number of piperidine rings is 1. The standard InChI is InChI=1S/C18H22F3NO5/c1-26-11-17(16(24)25)6-3-7-22(10-17)15(23)9-13-4-2-5-14(8-13)27-12-18(19,20)21/h2,4-5,8H,3,6-7,9-12H2,1H3,(H,24,25). The molecule has 1 unspecified atom stereocenters. The number of carbonyl (C=O) groups is 2. The number of aliphatic carboxylic acids is 1. The van der Waals surface area contributed by atoms with Crippen LogP contribution < -0.4 is 4.74 Å². The van der Waals surface area contributed by atoms with Crippen LogP contribution in [0.25, 0.3) is 0 Å². The van der Waals surface area contributed by atoms with Crippen LogP contribution in [0.15, 0.2) is 24.3 Å². The Balaban J connectivity index is 2.03. The van der Waals surface area contributed by atoms with Gasteiger partial charge in [0.25, 0.3) is 0 Å². The second kappa shape index (κ2) is 8.60. The number of hydrogen-bond acceptors (Lipinski definition) is 4. The molecule has 1 saturated heterocycles. The Bertz CT molecular complexity index is 675. The SMILES string of the molecule is COCC1(C(=O)O)CCCN(C(=O)Cc2cccc(OCC(F)(F)F)c2)C1. The predicted octanol–water partition coefficient (Wildman–Crippen LogP) is 2.51. The van der Waals surface area contributed by atoms with E-state index in [4.69, 9.17) is 9.47 Å². The predicted molar refractivity (Wildman–Crippen MR) is 89.5 cm³/mol. The fraction of sp³-hybridized carbons (Fsp3) is 0.556. The second-order valence-corrected chi connectivity index (χ2v) is 6.67. The summed E-state index contributed by atoms with van der Waals surface area (Å²) in [7, 11) is 1.41. The summed E-state index contributed by atoms with van der Waals surface area (Å²) < 4.78 is 46.5. The molecule has 0 bridgehead atoms. The molecule has 1 aliphatic heterocycles. The monoisotopic (exact) mass is 389 g/mol. The van der Waals surface area contributed by atoms with Crippen molar-refractivity contribution in [3.8, 4) is 5.75 Å². The number of alkyl halides is 3. The molecule has 0 spiro atoms. The number of carboxylic acid groups (broad SMARTS) is 1. The maximum atomic E-state index is 12.6. The minimum absolute atomic E-state index is 0.00683. The lowest BCUT2D eigenvalue weighted by molar-refractivity contribution is -0.159. The van der Waals surface area contributed by atoms with Crippen LogP contribution in [-0.4, -0.2) is 61.5 Å². The number of hydrogen-bond donors (Lipinski definition) is 1. The topological polar surface area (TPSA) is 76.1 Å². The Labute approximate surface area is 154 Å². The summed E-state index contributed by atoms with van der Waals surface area (Å²) in [5.41, 5.74) is -0.640. The molecule has 9 heteroatoms. The highest BCUT2D eigenvalue weighted by Crippen LogP contribution is 2.31. The van der Waals surface area contributed by atoms with Crippen molar-refractivity contribution in [1.82, 2.24) is 4.90 Å². The molecule has 0 radical (unpaired) electrons. The molecule has 1 amide bonds. The van der Waals surface area contributed by atoms with Crippen molar-refractivity contribution < 1.29 is 37.3 Å². The third-order valence-corrected chi connectivity index (χ3v) is 4.46. The first kappa shape index (κ1) is 21.0. The van der Waals surface area contributed by atoms with E-state index in [2.05, 4.69) is 0 Å². The zero-order valence-electron chi connectivity index (χ0n) is 14.9. The molecule has 0 aromatic heterocycles. The molecule has 1 N–H and O–H groups in total. The molecule has 6 nitrogen and oxygen atoms in total. The molecular formula is C18H22F3NO5. The molecule has 1 aromatic rings. The molecular weight excluding hydrogens is 367 g/mol. The number of halogens is 3. The fourth-order valence-electron chi connectivity index (χ4n) is 3.17. The van der Waals surface area contributed by atoms with Gasteiger partial charge in [-0.15, -0.1) is 0 Å². The molecule has 0 aliphatic carbocycles. The first-order valence-corrected chi connectivity index (χ1v) is 8.44. The number of amides is 1. The average molecular weight is 389 g/mol. The van der Waals surface area contributed by atoms with Gasteiger partial charge in [-0.05, 0) is 30.5 Å². The Kier molecular flexibility index (Phi) is 6.69. The van der Waals surface area contributed by atoms with E-state index in [1.54, 1.807) is 6.07 Å². The third kappa shape index (κ3) is 5.85. The molecule has 0 saturated carbocycles. The van der Waals surface area contributed by atoms with E-state index in [1.807, 2.05) is 0 Å². The van der Waals surface area contributed by atoms with Gasteiger partial charge >= 0.3 is 12.1 Å². The van der Waals surface area contributed by atoms with Crippen molar-refractivity contribution in [3.05, 3.63) is 29.8 Å². The van der Waals surface area contributed by atoms with Gasteiger partial charge in [0.2, 0.25) is 5.91 Å². The van der Waals surface area contributed by atoms with E-state index >= 15 is 0 Å². The van der Waals surface area contributed by atoms with Crippen LogP contribution in [0.2, 0.25) is 0 Å². The Morgan fingerprint density at radius 2 is 2.07 bits per heavy atom. The third-order valence-electron chi connectivity index (χ3n) is 4.46. The van der Waals surface area contributed by atoms with Crippen molar-refractivity contribution in [2.24, 2.45) is 5.41 Å². The van der Waals surface area contributed by atoms with Crippen molar-refractivity contribution >= 4 is 11.9 Å². The maximum Gasteiger partial charge on any atom is 0.422 e. The van der Waals surface area contributed by atoms with E-state index in [0.717, 1.165) is 0 Å². The van der Waals surface area contributed by atoms with Gasteiger partial charge in [-0.3, -0.25) is 9.59 Å². The van der Waals surface area contributed by atoms with Crippen LogP contribution in [0.1, 0.15) is 18.4 Å². The van der Waals surface area contributed by atoms with Crippen LogP contribution in [0.3, 0.4) is 0 Å². The van der Waals surface area contributed by atoms with Crippen molar-refractivity contribution in [2.75, 3.05) is 33.4 Å². The highest BCUT2D eigenvalue weighted by atomic mass is 19.4. The largest absolute Gasteiger partial charge is 0.484 e. The van der Waals surface area contributed by atoms with Crippen molar-refractivity contribution in [2.45, 2.75) is 25.4 Å². The van der Waals surface area contributed by atoms with Gasteiger partial charge < -0.3 is 19.5 Å². The van der Waals surface area contributed by atoms with Crippen LogP contribution in [0.4, 0.5) is 13.2 Å². The lowest BCUT2D eigenvalue weighted by Crippen LogP contribution is -2.52. The van der Waals surface area contributed by atoms with Gasteiger partial charge in [-0.1, -0.05) is 12.1 Å². The number of carboxylic acids is 1. The summed E-state index contributed by atoms with van der Waals surface area (Å²) in [6, 6.07) is 5.89. The fourth-order valence-corrected chi connectivity index (χ4v) is 3.17. The highest BCUT2D eigenvalue weighted by Gasteiger charge is 2.43. The van der Waals surface area contributed by atoms with Gasteiger partial charge in [0.15, 0.2) is 6.61 Å². The number of ether oxygens (including phenoxy) is 2. The van der Waals surface area contributed by atoms with Crippen LogP contribution in [0, 0.1) is 5.41 Å². The lowest BCUT2D eigenvalue weighted by atomic mass is 9.80. The number of methoxy groups -OCH3 is 1. The maximum absolute atomic E-state index is 12.6. The molecule has 1 heterocycles. The van der Waals surface area contributed by atoms with Crippen molar-refractivity contribution in [3.63, 3.8) is 0 Å². The molecule has 2 rings (SSSR count). The zero-order valence-corrected chi connectivity index (χ0v) is 14.9. The second-order valence-electron chi connectivity index (χ2n) is 6.67. The first-order chi connectivity index (χ1) is 12.6. The molecule has 1 fully saturated rings. The van der Waals surface area contributed by atoms with Crippen molar-refractivity contribution in [1.29, 1.82) is 0 Å². The smallest absolute Gasteiger partial charge is 0.422 e. The summed E-state index contributed by atoms with van der Waals surface area (Å²) in [5.74, 6) is -1.27. The number of carbonyl (C=O) groups excluding carboxylic acids is 1. The summed E-state index contributed by atoms with van der Waals surface area (Å²) in [4.78, 5) is 25.7. The van der Waals surface area contributed by atoms with Gasteiger partial charge in [0.05, 0.1) is 13.0 Å². The van der Waals surface area contributed by atoms with Crippen LogP contribution in [-0.2, 0) is 20.7 Å². The molecule has 1 atom stereocenters. The number of benzene rings is 1. The average Bonchev–Trinajstić information content (AvgIpc) is 2.60.